The Hall–Kier alpha value is -0.890. The van der Waals surface area contributed by atoms with Gasteiger partial charge in [0, 0.05) is 18.4 Å². The van der Waals surface area contributed by atoms with Crippen molar-refractivity contribution in [2.45, 2.75) is 32.2 Å². The minimum Gasteiger partial charge on any atom is -0.310 e. The molecule has 0 bridgehead atoms. The summed E-state index contributed by atoms with van der Waals surface area (Å²) in [5, 5.41) is 3.54. The second-order valence-electron chi connectivity index (χ2n) is 4.19. The first-order valence-corrected chi connectivity index (χ1v) is 5.49. The summed E-state index contributed by atoms with van der Waals surface area (Å²) in [6.45, 7) is 3.36. The lowest BCUT2D eigenvalue weighted by molar-refractivity contribution is 0.539. The molecule has 1 aromatic heterocycles. The zero-order valence-electron chi connectivity index (χ0n) is 8.74. The number of hydrogen-bond acceptors (Lipinski definition) is 2. The molecule has 2 rings (SSSR count). The van der Waals surface area contributed by atoms with Crippen LogP contribution < -0.4 is 5.32 Å². The molecule has 0 saturated heterocycles. The molecular formula is C12H18N2. The molecule has 1 fully saturated rings. The van der Waals surface area contributed by atoms with E-state index in [1.54, 1.807) is 0 Å². The summed E-state index contributed by atoms with van der Waals surface area (Å²) in [6, 6.07) is 4.61. The van der Waals surface area contributed by atoms with Crippen LogP contribution in [0.25, 0.3) is 0 Å². The van der Waals surface area contributed by atoms with E-state index in [2.05, 4.69) is 29.4 Å². The van der Waals surface area contributed by atoms with Crippen molar-refractivity contribution in [1.29, 1.82) is 0 Å². The molecule has 0 aliphatic heterocycles. The van der Waals surface area contributed by atoms with Gasteiger partial charge in [-0.15, -0.1) is 0 Å². The summed E-state index contributed by atoms with van der Waals surface area (Å²) in [5.41, 5.74) is 1.33. The molecule has 14 heavy (non-hydrogen) atoms. The van der Waals surface area contributed by atoms with Crippen molar-refractivity contribution < 1.29 is 0 Å². The van der Waals surface area contributed by atoms with Crippen LogP contribution in [0.5, 0.6) is 0 Å². The lowest BCUT2D eigenvalue weighted by Gasteiger charge is -2.13. The van der Waals surface area contributed by atoms with Crippen LogP contribution in [0.4, 0.5) is 0 Å². The quantitative estimate of drug-likeness (QED) is 0.771. The van der Waals surface area contributed by atoms with Gasteiger partial charge in [-0.3, -0.25) is 4.98 Å². The Morgan fingerprint density at radius 1 is 1.43 bits per heavy atom. The number of aromatic nitrogens is 1. The highest BCUT2D eigenvalue weighted by molar-refractivity contribution is 5.13. The van der Waals surface area contributed by atoms with Crippen LogP contribution in [0.15, 0.2) is 24.5 Å². The van der Waals surface area contributed by atoms with Gasteiger partial charge in [0.25, 0.3) is 0 Å². The van der Waals surface area contributed by atoms with Crippen molar-refractivity contribution in [3.63, 3.8) is 0 Å². The zero-order valence-corrected chi connectivity index (χ0v) is 8.74. The standard InChI is InChI=1S/C12H18N2/c1-10(12-5-7-13-8-6-12)14-9-4-11-2-3-11/h5-8,10-11,14H,2-4,9H2,1H3/t10-/m0/s1. The summed E-state index contributed by atoms with van der Waals surface area (Å²) in [7, 11) is 0. The fourth-order valence-corrected chi connectivity index (χ4v) is 1.68. The maximum absolute atomic E-state index is 4.02. The Kier molecular flexibility index (Phi) is 3.14. The summed E-state index contributed by atoms with van der Waals surface area (Å²) in [6.07, 6.45) is 7.95. The van der Waals surface area contributed by atoms with Crippen LogP contribution in [0.2, 0.25) is 0 Å². The maximum Gasteiger partial charge on any atom is 0.0292 e. The lowest BCUT2D eigenvalue weighted by Crippen LogP contribution is -2.20. The van der Waals surface area contributed by atoms with Gasteiger partial charge in [0.1, 0.15) is 0 Å². The van der Waals surface area contributed by atoms with E-state index in [1.807, 2.05) is 12.4 Å². The van der Waals surface area contributed by atoms with E-state index in [-0.39, 0.29) is 0 Å². The highest BCUT2D eigenvalue weighted by atomic mass is 14.9. The maximum atomic E-state index is 4.02. The van der Waals surface area contributed by atoms with E-state index in [1.165, 1.54) is 24.8 Å². The average Bonchev–Trinajstić information content (AvgIpc) is 3.03. The molecule has 0 radical (unpaired) electrons. The van der Waals surface area contributed by atoms with Crippen molar-refractivity contribution in [2.24, 2.45) is 5.92 Å². The van der Waals surface area contributed by atoms with Gasteiger partial charge in [0.15, 0.2) is 0 Å². The van der Waals surface area contributed by atoms with E-state index in [0.717, 1.165) is 12.5 Å². The number of rotatable bonds is 5. The normalized spacial score (nSPS) is 18.1. The Bertz CT molecular complexity index is 267. The Labute approximate surface area is 85.7 Å². The molecule has 0 amide bonds. The first-order chi connectivity index (χ1) is 6.86. The molecule has 1 aliphatic carbocycles. The molecule has 2 nitrogen and oxygen atoms in total. The summed E-state index contributed by atoms with van der Waals surface area (Å²) in [5.74, 6) is 1.02. The minimum atomic E-state index is 0.455. The second kappa shape index (κ2) is 4.56. The second-order valence-corrected chi connectivity index (χ2v) is 4.19. The number of pyridine rings is 1. The number of hydrogen-bond donors (Lipinski definition) is 1. The van der Waals surface area contributed by atoms with Crippen molar-refractivity contribution in [1.82, 2.24) is 10.3 Å². The third kappa shape index (κ3) is 2.81. The largest absolute Gasteiger partial charge is 0.310 e. The van der Waals surface area contributed by atoms with Crippen LogP contribution in [0.1, 0.15) is 37.8 Å². The molecule has 1 saturated carbocycles. The van der Waals surface area contributed by atoms with Gasteiger partial charge in [0.2, 0.25) is 0 Å². The predicted molar refractivity (Wildman–Crippen MR) is 58.0 cm³/mol. The molecule has 0 spiro atoms. The first-order valence-electron chi connectivity index (χ1n) is 5.49. The Morgan fingerprint density at radius 3 is 2.79 bits per heavy atom. The van der Waals surface area contributed by atoms with Crippen LogP contribution in [-0.4, -0.2) is 11.5 Å². The minimum absolute atomic E-state index is 0.455. The van der Waals surface area contributed by atoms with E-state index >= 15 is 0 Å². The topological polar surface area (TPSA) is 24.9 Å². The van der Waals surface area contributed by atoms with E-state index in [4.69, 9.17) is 0 Å². The van der Waals surface area contributed by atoms with E-state index in [0.29, 0.717) is 6.04 Å². The van der Waals surface area contributed by atoms with Gasteiger partial charge in [-0.05, 0) is 43.5 Å². The van der Waals surface area contributed by atoms with Gasteiger partial charge in [-0.25, -0.2) is 0 Å². The van der Waals surface area contributed by atoms with Crippen LogP contribution in [0.3, 0.4) is 0 Å². The third-order valence-electron chi connectivity index (χ3n) is 2.91. The van der Waals surface area contributed by atoms with Gasteiger partial charge >= 0.3 is 0 Å². The molecule has 0 aromatic carbocycles. The number of nitrogens with one attached hydrogen (secondary N) is 1. The first kappa shape index (κ1) is 9.66. The van der Waals surface area contributed by atoms with Crippen molar-refractivity contribution >= 4 is 0 Å². The van der Waals surface area contributed by atoms with Gasteiger partial charge in [0.05, 0.1) is 0 Å². The monoisotopic (exact) mass is 190 g/mol. The molecule has 1 atom stereocenters. The molecule has 1 heterocycles. The van der Waals surface area contributed by atoms with Gasteiger partial charge < -0.3 is 5.32 Å². The van der Waals surface area contributed by atoms with Crippen molar-refractivity contribution in [3.8, 4) is 0 Å². The third-order valence-corrected chi connectivity index (χ3v) is 2.91. The highest BCUT2D eigenvalue weighted by Crippen LogP contribution is 2.31. The van der Waals surface area contributed by atoms with Crippen molar-refractivity contribution in [3.05, 3.63) is 30.1 Å². The van der Waals surface area contributed by atoms with E-state index < -0.39 is 0 Å². The molecular weight excluding hydrogens is 172 g/mol. The van der Waals surface area contributed by atoms with Crippen molar-refractivity contribution in [2.75, 3.05) is 6.54 Å². The molecule has 76 valence electrons. The fraction of sp³-hybridized carbons (Fsp3) is 0.583. The van der Waals surface area contributed by atoms with Crippen LogP contribution in [0, 0.1) is 5.92 Å². The highest BCUT2D eigenvalue weighted by Gasteiger charge is 2.20. The van der Waals surface area contributed by atoms with E-state index in [9.17, 15) is 0 Å². The SMILES string of the molecule is C[C@H](NCCC1CC1)c1ccncc1. The molecule has 1 aliphatic rings. The lowest BCUT2D eigenvalue weighted by atomic mass is 10.1. The smallest absolute Gasteiger partial charge is 0.0292 e. The predicted octanol–water partition coefficient (Wildman–Crippen LogP) is 2.53. The van der Waals surface area contributed by atoms with Crippen LogP contribution >= 0.6 is 0 Å². The zero-order chi connectivity index (χ0) is 9.80. The number of nitrogens with zero attached hydrogens (tertiary/aromatic N) is 1. The molecule has 0 unspecified atom stereocenters. The molecule has 1 N–H and O–H groups in total. The molecule has 2 heteroatoms. The van der Waals surface area contributed by atoms with Gasteiger partial charge in [-0.2, -0.15) is 0 Å². The Balaban J connectivity index is 1.74. The Morgan fingerprint density at radius 2 is 2.14 bits per heavy atom. The molecule has 1 aromatic rings. The summed E-state index contributed by atoms with van der Waals surface area (Å²) < 4.78 is 0. The van der Waals surface area contributed by atoms with Crippen LogP contribution in [-0.2, 0) is 0 Å². The average molecular weight is 190 g/mol. The van der Waals surface area contributed by atoms with Gasteiger partial charge in [-0.1, -0.05) is 12.8 Å². The fourth-order valence-electron chi connectivity index (χ4n) is 1.68. The summed E-state index contributed by atoms with van der Waals surface area (Å²) >= 11 is 0. The summed E-state index contributed by atoms with van der Waals surface area (Å²) in [4.78, 5) is 4.02.